The predicted molar refractivity (Wildman–Crippen MR) is 70.6 cm³/mol. The number of benzene rings is 1. The third-order valence-electron chi connectivity index (χ3n) is 2.48. The third kappa shape index (κ3) is 4.63. The molecule has 20 heavy (non-hydrogen) atoms. The van der Waals surface area contributed by atoms with Crippen LogP contribution in [0.2, 0.25) is 0 Å². The highest BCUT2D eigenvalue weighted by Gasteiger charge is 2.18. The van der Waals surface area contributed by atoms with Gasteiger partial charge in [-0.1, -0.05) is 0 Å². The van der Waals surface area contributed by atoms with Gasteiger partial charge in [0.25, 0.3) is 0 Å². The lowest BCUT2D eigenvalue weighted by Crippen LogP contribution is -2.09. The second-order valence-corrected chi connectivity index (χ2v) is 3.88. The molecule has 0 aromatic heterocycles. The first-order chi connectivity index (χ1) is 9.60. The molecule has 2 N–H and O–H groups in total. The minimum Gasteiger partial charge on any atom is -0.490 e. The second kappa shape index (κ2) is 8.28. The van der Waals surface area contributed by atoms with Gasteiger partial charge in [-0.15, -0.1) is 0 Å². The Morgan fingerprint density at radius 1 is 1.45 bits per heavy atom. The quantitative estimate of drug-likeness (QED) is 0.407. The summed E-state index contributed by atoms with van der Waals surface area (Å²) >= 11 is 0. The van der Waals surface area contributed by atoms with Gasteiger partial charge in [0.15, 0.2) is 11.6 Å². The van der Waals surface area contributed by atoms with E-state index in [1.165, 1.54) is 13.2 Å². The fourth-order valence-corrected chi connectivity index (χ4v) is 1.55. The average Bonchev–Trinajstić information content (AvgIpc) is 2.43. The Bertz CT molecular complexity index is 456. The molecule has 112 valence electrons. The van der Waals surface area contributed by atoms with Crippen LogP contribution < -0.4 is 10.1 Å². The van der Waals surface area contributed by atoms with Crippen molar-refractivity contribution in [3.8, 4) is 5.75 Å². The minimum absolute atomic E-state index is 0.00423. The number of anilines is 1. The first kappa shape index (κ1) is 16.1. The molecular formula is C12H17FN2O5. The van der Waals surface area contributed by atoms with Crippen LogP contribution in [-0.2, 0) is 4.74 Å². The molecule has 0 spiro atoms. The van der Waals surface area contributed by atoms with Gasteiger partial charge in [0, 0.05) is 19.2 Å². The molecule has 0 aliphatic heterocycles. The molecular weight excluding hydrogens is 271 g/mol. The summed E-state index contributed by atoms with van der Waals surface area (Å²) in [5.41, 5.74) is -0.281. The van der Waals surface area contributed by atoms with E-state index >= 15 is 0 Å². The molecule has 8 heteroatoms. The van der Waals surface area contributed by atoms with E-state index in [1.54, 1.807) is 0 Å². The lowest BCUT2D eigenvalue weighted by Gasteiger charge is -2.10. The highest BCUT2D eigenvalue weighted by molar-refractivity contribution is 5.59. The normalized spacial score (nSPS) is 10.3. The summed E-state index contributed by atoms with van der Waals surface area (Å²) in [4.78, 5) is 10.0. The number of rotatable bonds is 9. The first-order valence-electron chi connectivity index (χ1n) is 6.04. The van der Waals surface area contributed by atoms with Crippen molar-refractivity contribution in [2.45, 2.75) is 6.42 Å². The molecule has 0 heterocycles. The summed E-state index contributed by atoms with van der Waals surface area (Å²) in [7, 11) is 1.28. The lowest BCUT2D eigenvalue weighted by atomic mass is 10.2. The van der Waals surface area contributed by atoms with Gasteiger partial charge in [0.05, 0.1) is 37.0 Å². The Hall–Kier alpha value is -1.93. The van der Waals surface area contributed by atoms with Crippen molar-refractivity contribution < 1.29 is 23.9 Å². The van der Waals surface area contributed by atoms with Gasteiger partial charge in [-0.05, 0) is 6.42 Å². The summed E-state index contributed by atoms with van der Waals surface area (Å²) < 4.78 is 23.6. The number of nitro groups is 1. The van der Waals surface area contributed by atoms with Crippen molar-refractivity contribution in [2.75, 3.05) is 38.8 Å². The number of ether oxygens (including phenoxy) is 2. The zero-order valence-corrected chi connectivity index (χ0v) is 11.1. The fraction of sp³-hybridized carbons (Fsp3) is 0.500. The monoisotopic (exact) mass is 288 g/mol. The van der Waals surface area contributed by atoms with Crippen LogP contribution >= 0.6 is 0 Å². The number of hydrogen-bond acceptors (Lipinski definition) is 6. The van der Waals surface area contributed by atoms with E-state index in [0.29, 0.717) is 19.6 Å². The molecule has 0 amide bonds. The number of aliphatic hydroxyl groups excluding tert-OH is 1. The Morgan fingerprint density at radius 3 is 2.80 bits per heavy atom. The summed E-state index contributed by atoms with van der Waals surface area (Å²) in [6.45, 7) is 1.09. The Balaban J connectivity index is 2.60. The van der Waals surface area contributed by atoms with Crippen LogP contribution in [0.25, 0.3) is 0 Å². The van der Waals surface area contributed by atoms with E-state index < -0.39 is 16.4 Å². The van der Waals surface area contributed by atoms with Crippen molar-refractivity contribution in [1.29, 1.82) is 0 Å². The van der Waals surface area contributed by atoms with E-state index in [1.807, 2.05) is 0 Å². The van der Waals surface area contributed by atoms with E-state index in [-0.39, 0.29) is 24.7 Å². The van der Waals surface area contributed by atoms with Crippen LogP contribution in [-0.4, -0.2) is 43.5 Å². The van der Waals surface area contributed by atoms with E-state index in [9.17, 15) is 14.5 Å². The molecule has 0 saturated heterocycles. The van der Waals surface area contributed by atoms with Crippen molar-refractivity contribution in [2.24, 2.45) is 0 Å². The lowest BCUT2D eigenvalue weighted by molar-refractivity contribution is -0.385. The van der Waals surface area contributed by atoms with Crippen molar-refractivity contribution >= 4 is 11.4 Å². The molecule has 0 atom stereocenters. The highest BCUT2D eigenvalue weighted by Crippen LogP contribution is 2.32. The van der Waals surface area contributed by atoms with Crippen LogP contribution in [0.3, 0.4) is 0 Å². The molecule has 0 saturated carbocycles. The summed E-state index contributed by atoms with van der Waals surface area (Å²) in [5, 5.41) is 22.0. The van der Waals surface area contributed by atoms with Crippen molar-refractivity contribution in [3.63, 3.8) is 0 Å². The number of aliphatic hydroxyl groups is 1. The molecule has 0 bridgehead atoms. The number of halogens is 1. The van der Waals surface area contributed by atoms with E-state index in [0.717, 1.165) is 6.07 Å². The molecule has 7 nitrogen and oxygen atoms in total. The number of nitro benzene ring substituents is 1. The van der Waals surface area contributed by atoms with Crippen LogP contribution in [0.4, 0.5) is 15.8 Å². The molecule has 0 unspecified atom stereocenters. The summed E-state index contributed by atoms with van der Waals surface area (Å²) in [6.07, 6.45) is 0.610. The van der Waals surface area contributed by atoms with Crippen LogP contribution in [0.5, 0.6) is 5.75 Å². The topological polar surface area (TPSA) is 93.9 Å². The maximum absolute atomic E-state index is 13.7. The summed E-state index contributed by atoms with van der Waals surface area (Å²) in [6, 6.07) is 2.07. The molecule has 0 aliphatic rings. The minimum atomic E-state index is -0.714. The van der Waals surface area contributed by atoms with Crippen molar-refractivity contribution in [3.05, 3.63) is 28.1 Å². The van der Waals surface area contributed by atoms with Gasteiger partial charge in [-0.25, -0.2) is 4.39 Å². The highest BCUT2D eigenvalue weighted by atomic mass is 19.1. The van der Waals surface area contributed by atoms with Gasteiger partial charge in [0.2, 0.25) is 0 Å². The van der Waals surface area contributed by atoms with E-state index in [2.05, 4.69) is 5.32 Å². The second-order valence-electron chi connectivity index (χ2n) is 3.88. The maximum Gasteiger partial charge on any atom is 0.313 e. The van der Waals surface area contributed by atoms with Crippen LogP contribution in [0.1, 0.15) is 6.42 Å². The number of nitrogens with zero attached hydrogens (tertiary/aromatic N) is 1. The number of nitrogens with one attached hydrogen (secondary N) is 1. The Kier molecular flexibility index (Phi) is 6.68. The van der Waals surface area contributed by atoms with E-state index in [4.69, 9.17) is 14.6 Å². The standard InChI is InChI=1S/C12H17FN2O5/c1-19-12-8-10(9(13)7-11(12)15(17)18)14-3-2-5-20-6-4-16/h7-8,14,16H,2-6H2,1H3. The summed E-state index contributed by atoms with van der Waals surface area (Å²) in [5.74, 6) is -0.718. The fourth-order valence-electron chi connectivity index (χ4n) is 1.55. The average molecular weight is 288 g/mol. The molecule has 1 aromatic rings. The largest absolute Gasteiger partial charge is 0.490 e. The number of hydrogen-bond donors (Lipinski definition) is 2. The van der Waals surface area contributed by atoms with Gasteiger partial charge >= 0.3 is 5.69 Å². The predicted octanol–water partition coefficient (Wildman–Crippen LogP) is 1.55. The third-order valence-corrected chi connectivity index (χ3v) is 2.48. The van der Waals surface area contributed by atoms with Gasteiger partial charge in [-0.3, -0.25) is 10.1 Å². The van der Waals surface area contributed by atoms with Gasteiger partial charge < -0.3 is 19.9 Å². The molecule has 0 fully saturated rings. The number of methoxy groups -OCH3 is 1. The zero-order chi connectivity index (χ0) is 15.0. The maximum atomic E-state index is 13.7. The zero-order valence-electron chi connectivity index (χ0n) is 11.1. The smallest absolute Gasteiger partial charge is 0.313 e. The van der Waals surface area contributed by atoms with Crippen molar-refractivity contribution in [1.82, 2.24) is 0 Å². The molecule has 0 radical (unpaired) electrons. The SMILES string of the molecule is COc1cc(NCCCOCCO)c(F)cc1[N+](=O)[O-]. The Morgan fingerprint density at radius 2 is 2.20 bits per heavy atom. The van der Waals surface area contributed by atoms with Gasteiger partial charge in [-0.2, -0.15) is 0 Å². The first-order valence-corrected chi connectivity index (χ1v) is 6.04. The van der Waals surface area contributed by atoms with Gasteiger partial charge in [0.1, 0.15) is 0 Å². The molecule has 0 aliphatic carbocycles. The van der Waals surface area contributed by atoms with Crippen LogP contribution in [0, 0.1) is 15.9 Å². The molecule has 1 rings (SSSR count). The molecule has 1 aromatic carbocycles. The Labute approximate surface area is 115 Å². The van der Waals surface area contributed by atoms with Crippen LogP contribution in [0.15, 0.2) is 12.1 Å².